The van der Waals surface area contributed by atoms with Gasteiger partial charge in [0.05, 0.1) is 20.8 Å². The van der Waals surface area contributed by atoms with Crippen LogP contribution in [0, 0.1) is 11.3 Å². The van der Waals surface area contributed by atoms with Gasteiger partial charge in [0, 0.05) is 12.6 Å². The zero-order valence-electron chi connectivity index (χ0n) is 19.3. The largest absolute Gasteiger partial charge is 0.493 e. The zero-order valence-corrected chi connectivity index (χ0v) is 19.3. The van der Waals surface area contributed by atoms with Gasteiger partial charge >= 0.3 is 5.97 Å². The number of nitrogens with zero attached hydrogens (tertiary/aromatic N) is 1. The highest BCUT2D eigenvalue weighted by molar-refractivity contribution is 6.01. The fraction of sp³-hybridized carbons (Fsp3) is 0.192. The van der Waals surface area contributed by atoms with Crippen LogP contribution in [0.1, 0.15) is 18.1 Å². The van der Waals surface area contributed by atoms with Crippen LogP contribution in [-0.4, -0.2) is 39.2 Å². The topological polar surface area (TPSA) is 107 Å². The summed E-state index contributed by atoms with van der Waals surface area (Å²) in [6, 6.07) is 11.8. The summed E-state index contributed by atoms with van der Waals surface area (Å²) in [5.41, 5.74) is 1.17. The average molecular weight is 463 g/mol. The van der Waals surface area contributed by atoms with Gasteiger partial charge in [-0.25, -0.2) is 4.79 Å². The molecule has 0 aromatic heterocycles. The van der Waals surface area contributed by atoms with Crippen LogP contribution in [0.2, 0.25) is 0 Å². The molecule has 0 aliphatic rings. The Hall–Kier alpha value is -4.51. The number of amides is 1. The molecule has 0 aliphatic heterocycles. The first-order chi connectivity index (χ1) is 16.4. The Bertz CT molecular complexity index is 1140. The van der Waals surface area contributed by atoms with E-state index in [2.05, 4.69) is 11.9 Å². The molecule has 0 radical (unpaired) electrons. The fourth-order valence-electron chi connectivity index (χ4n) is 2.80. The summed E-state index contributed by atoms with van der Waals surface area (Å²) in [6.07, 6.45) is 5.79. The second kappa shape index (κ2) is 13.1. The molecule has 0 saturated heterocycles. The molecule has 34 heavy (non-hydrogen) atoms. The van der Waals surface area contributed by atoms with Crippen LogP contribution in [-0.2, 0) is 9.59 Å². The number of esters is 1. The van der Waals surface area contributed by atoms with E-state index in [1.54, 1.807) is 36.4 Å². The highest BCUT2D eigenvalue weighted by atomic mass is 16.6. The SMILES string of the molecule is C=CCNC(=O)/C(C#N)=C/c1ccc(OC(=O)/C=C/c2ccc(OCC)c(OC)c2)c(OC)c1. The lowest BCUT2D eigenvalue weighted by molar-refractivity contribution is -0.129. The number of nitrogens with one attached hydrogen (secondary N) is 1. The van der Waals surface area contributed by atoms with E-state index in [9.17, 15) is 14.9 Å². The summed E-state index contributed by atoms with van der Waals surface area (Å²) in [6.45, 7) is 6.15. The number of carbonyl (C=O) groups excluding carboxylic acids is 2. The minimum Gasteiger partial charge on any atom is -0.493 e. The van der Waals surface area contributed by atoms with Gasteiger partial charge in [0.15, 0.2) is 23.0 Å². The van der Waals surface area contributed by atoms with E-state index in [0.29, 0.717) is 23.7 Å². The van der Waals surface area contributed by atoms with E-state index in [4.69, 9.17) is 18.9 Å². The third-order valence-corrected chi connectivity index (χ3v) is 4.38. The molecule has 0 heterocycles. The van der Waals surface area contributed by atoms with Crippen molar-refractivity contribution in [3.8, 4) is 29.1 Å². The summed E-state index contributed by atoms with van der Waals surface area (Å²) in [4.78, 5) is 24.4. The number of ether oxygens (including phenoxy) is 4. The quantitative estimate of drug-likeness (QED) is 0.177. The molecule has 0 fully saturated rings. The molecule has 2 rings (SSSR count). The Morgan fingerprint density at radius 1 is 1.03 bits per heavy atom. The molecular formula is C26H26N2O6. The van der Waals surface area contributed by atoms with E-state index >= 15 is 0 Å². The van der Waals surface area contributed by atoms with Crippen molar-refractivity contribution < 1.29 is 28.5 Å². The monoisotopic (exact) mass is 462 g/mol. The zero-order chi connectivity index (χ0) is 24.9. The third kappa shape index (κ3) is 7.28. The summed E-state index contributed by atoms with van der Waals surface area (Å²) in [5, 5.41) is 11.8. The Labute approximate surface area is 198 Å². The highest BCUT2D eigenvalue weighted by Gasteiger charge is 2.12. The lowest BCUT2D eigenvalue weighted by Crippen LogP contribution is -2.24. The number of hydrogen-bond acceptors (Lipinski definition) is 7. The van der Waals surface area contributed by atoms with Gasteiger partial charge in [0.25, 0.3) is 5.91 Å². The number of nitriles is 1. The molecule has 0 aliphatic carbocycles. The van der Waals surface area contributed by atoms with Crippen LogP contribution in [0.4, 0.5) is 0 Å². The Kier molecular flexibility index (Phi) is 9.95. The van der Waals surface area contributed by atoms with E-state index in [1.165, 1.54) is 38.5 Å². The van der Waals surface area contributed by atoms with Crippen LogP contribution in [0.5, 0.6) is 23.0 Å². The molecule has 0 bridgehead atoms. The first-order valence-corrected chi connectivity index (χ1v) is 10.3. The number of rotatable bonds is 11. The van der Waals surface area contributed by atoms with Crippen LogP contribution in [0.15, 0.2) is 60.7 Å². The number of benzene rings is 2. The van der Waals surface area contributed by atoms with Crippen molar-refractivity contribution in [2.45, 2.75) is 6.92 Å². The maximum absolute atomic E-state index is 12.3. The molecule has 1 amide bonds. The number of methoxy groups -OCH3 is 2. The summed E-state index contributed by atoms with van der Waals surface area (Å²) in [7, 11) is 2.96. The average Bonchev–Trinajstić information content (AvgIpc) is 2.85. The van der Waals surface area contributed by atoms with Crippen LogP contribution >= 0.6 is 0 Å². The summed E-state index contributed by atoms with van der Waals surface area (Å²) < 4.78 is 21.5. The molecule has 8 nitrogen and oxygen atoms in total. The van der Waals surface area contributed by atoms with E-state index in [1.807, 2.05) is 13.0 Å². The van der Waals surface area contributed by atoms with Crippen LogP contribution in [0.3, 0.4) is 0 Å². The molecule has 0 spiro atoms. The maximum Gasteiger partial charge on any atom is 0.336 e. The van der Waals surface area contributed by atoms with Gasteiger partial charge in [-0.15, -0.1) is 6.58 Å². The van der Waals surface area contributed by atoms with E-state index < -0.39 is 11.9 Å². The molecule has 0 saturated carbocycles. The van der Waals surface area contributed by atoms with Crippen LogP contribution < -0.4 is 24.3 Å². The van der Waals surface area contributed by atoms with Gasteiger partial charge < -0.3 is 24.3 Å². The van der Waals surface area contributed by atoms with E-state index in [0.717, 1.165) is 5.56 Å². The van der Waals surface area contributed by atoms with Crippen molar-refractivity contribution in [3.05, 3.63) is 71.8 Å². The molecule has 1 N–H and O–H groups in total. The predicted octanol–water partition coefficient (Wildman–Crippen LogP) is 3.93. The van der Waals surface area contributed by atoms with Gasteiger partial charge in [0.1, 0.15) is 11.6 Å². The lowest BCUT2D eigenvalue weighted by Gasteiger charge is -2.10. The van der Waals surface area contributed by atoms with Crippen molar-refractivity contribution >= 4 is 24.0 Å². The highest BCUT2D eigenvalue weighted by Crippen LogP contribution is 2.30. The smallest absolute Gasteiger partial charge is 0.336 e. The summed E-state index contributed by atoms with van der Waals surface area (Å²) in [5.74, 6) is 0.484. The van der Waals surface area contributed by atoms with Crippen molar-refractivity contribution in [2.75, 3.05) is 27.4 Å². The predicted molar refractivity (Wildman–Crippen MR) is 129 cm³/mol. The standard InChI is InChI=1S/C26H26N2O6/c1-5-13-28-26(30)20(17-27)14-19-8-11-22(24(16-19)32-4)34-25(29)12-9-18-7-10-21(33-6-2)23(15-18)31-3/h5,7-12,14-16H,1,6,13H2,2-4H3,(H,28,30)/b12-9+,20-14+. The van der Waals surface area contributed by atoms with Crippen molar-refractivity contribution in [3.63, 3.8) is 0 Å². The molecular weight excluding hydrogens is 436 g/mol. The van der Waals surface area contributed by atoms with Crippen molar-refractivity contribution in [1.82, 2.24) is 5.32 Å². The first-order valence-electron chi connectivity index (χ1n) is 10.3. The first kappa shape index (κ1) is 25.7. The molecule has 8 heteroatoms. The van der Waals surface area contributed by atoms with Gasteiger partial charge in [0.2, 0.25) is 0 Å². The van der Waals surface area contributed by atoms with Crippen LogP contribution in [0.25, 0.3) is 12.2 Å². The van der Waals surface area contributed by atoms with Gasteiger partial charge in [-0.05, 0) is 54.5 Å². The molecule has 2 aromatic carbocycles. The van der Waals surface area contributed by atoms with Crippen molar-refractivity contribution in [1.29, 1.82) is 5.26 Å². The maximum atomic E-state index is 12.3. The Morgan fingerprint density at radius 3 is 2.32 bits per heavy atom. The fourth-order valence-corrected chi connectivity index (χ4v) is 2.80. The summed E-state index contributed by atoms with van der Waals surface area (Å²) >= 11 is 0. The second-order valence-electron chi connectivity index (χ2n) is 6.68. The lowest BCUT2D eigenvalue weighted by atomic mass is 10.1. The van der Waals surface area contributed by atoms with Gasteiger partial charge in [-0.2, -0.15) is 5.26 Å². The second-order valence-corrected chi connectivity index (χ2v) is 6.68. The normalized spacial score (nSPS) is 10.8. The van der Waals surface area contributed by atoms with Gasteiger partial charge in [-0.3, -0.25) is 4.79 Å². The van der Waals surface area contributed by atoms with Crippen molar-refractivity contribution in [2.24, 2.45) is 0 Å². The molecule has 0 atom stereocenters. The minimum absolute atomic E-state index is 0.0811. The third-order valence-electron chi connectivity index (χ3n) is 4.38. The Balaban J connectivity index is 2.15. The van der Waals surface area contributed by atoms with E-state index in [-0.39, 0.29) is 23.6 Å². The number of hydrogen-bond donors (Lipinski definition) is 1. The Morgan fingerprint density at radius 2 is 1.68 bits per heavy atom. The molecule has 0 unspecified atom stereocenters. The molecule has 176 valence electrons. The number of carbonyl (C=O) groups is 2. The van der Waals surface area contributed by atoms with Gasteiger partial charge in [-0.1, -0.05) is 18.2 Å². The molecule has 2 aromatic rings. The minimum atomic E-state index is -0.615.